The molecular weight excluding hydrogens is 178 g/mol. The Labute approximate surface area is 77.6 Å². The monoisotopic (exact) mass is 191 g/mol. The van der Waals surface area contributed by atoms with E-state index in [4.69, 9.17) is 16.3 Å². The molecule has 12 heavy (non-hydrogen) atoms. The van der Waals surface area contributed by atoms with Crippen molar-refractivity contribution in [2.45, 2.75) is 18.9 Å². The van der Waals surface area contributed by atoms with Crippen molar-refractivity contribution in [1.29, 1.82) is 0 Å². The Morgan fingerprint density at radius 3 is 3.08 bits per heavy atom. The topological polar surface area (TPSA) is 29.5 Å². The van der Waals surface area contributed by atoms with Gasteiger partial charge in [-0.05, 0) is 26.4 Å². The number of esters is 1. The average Bonchev–Trinajstić information content (AvgIpc) is 2.04. The predicted octanol–water partition coefficient (Wildman–Crippen LogP) is 0.863. The number of ether oxygens (including phenoxy) is 1. The van der Waals surface area contributed by atoms with E-state index in [0.29, 0.717) is 0 Å². The maximum atomic E-state index is 10.8. The highest BCUT2D eigenvalue weighted by Gasteiger charge is 2.19. The van der Waals surface area contributed by atoms with E-state index in [-0.39, 0.29) is 18.0 Å². The third-order valence-corrected chi connectivity index (χ3v) is 2.21. The van der Waals surface area contributed by atoms with Crippen LogP contribution in [0.3, 0.4) is 0 Å². The van der Waals surface area contributed by atoms with Gasteiger partial charge in [-0.25, -0.2) is 0 Å². The summed E-state index contributed by atoms with van der Waals surface area (Å²) in [4.78, 5) is 13.0. The van der Waals surface area contributed by atoms with Crippen LogP contribution in [0.15, 0.2) is 0 Å². The van der Waals surface area contributed by atoms with Crippen LogP contribution in [0.25, 0.3) is 0 Å². The van der Waals surface area contributed by atoms with Crippen molar-refractivity contribution in [3.8, 4) is 0 Å². The smallest absolute Gasteiger partial charge is 0.321 e. The Kier molecular flexibility index (Phi) is 3.82. The van der Waals surface area contributed by atoms with Gasteiger partial charge in [-0.15, -0.1) is 11.6 Å². The lowest BCUT2D eigenvalue weighted by Gasteiger charge is -2.28. The van der Waals surface area contributed by atoms with E-state index in [9.17, 15) is 4.79 Å². The van der Waals surface area contributed by atoms with Crippen LogP contribution in [0.1, 0.15) is 12.8 Å². The van der Waals surface area contributed by atoms with Gasteiger partial charge in [0.05, 0.1) is 0 Å². The Bertz CT molecular complexity index is 163. The van der Waals surface area contributed by atoms with E-state index >= 15 is 0 Å². The molecule has 0 saturated carbocycles. The molecule has 4 heteroatoms. The molecule has 3 nitrogen and oxygen atoms in total. The average molecular weight is 192 g/mol. The van der Waals surface area contributed by atoms with Gasteiger partial charge in [0.25, 0.3) is 0 Å². The highest BCUT2D eigenvalue weighted by atomic mass is 35.5. The zero-order valence-electron chi connectivity index (χ0n) is 7.25. The molecule has 0 unspecified atom stereocenters. The zero-order valence-corrected chi connectivity index (χ0v) is 8.01. The minimum atomic E-state index is -0.308. The molecule has 0 aromatic rings. The van der Waals surface area contributed by atoms with Crippen molar-refractivity contribution < 1.29 is 9.53 Å². The molecular formula is C8H14ClNO2. The molecule has 0 spiro atoms. The van der Waals surface area contributed by atoms with E-state index in [2.05, 4.69) is 4.90 Å². The third kappa shape index (κ3) is 2.99. The fraction of sp³-hybridized carbons (Fsp3) is 0.875. The quantitative estimate of drug-likeness (QED) is 0.479. The van der Waals surface area contributed by atoms with Gasteiger partial charge in [0.15, 0.2) is 0 Å². The lowest BCUT2D eigenvalue weighted by Crippen LogP contribution is -2.38. The number of nitrogens with zero attached hydrogens (tertiary/aromatic N) is 1. The zero-order chi connectivity index (χ0) is 8.97. The molecule has 70 valence electrons. The maximum Gasteiger partial charge on any atom is 0.321 e. The fourth-order valence-corrected chi connectivity index (χ4v) is 1.50. The van der Waals surface area contributed by atoms with E-state index in [0.717, 1.165) is 25.9 Å². The highest BCUT2D eigenvalue weighted by molar-refractivity contribution is 6.26. The second kappa shape index (κ2) is 4.67. The maximum absolute atomic E-state index is 10.8. The van der Waals surface area contributed by atoms with Crippen LogP contribution in [0.5, 0.6) is 0 Å². The van der Waals surface area contributed by atoms with Crippen LogP contribution >= 0.6 is 11.6 Å². The van der Waals surface area contributed by atoms with Crippen molar-refractivity contribution in [2.24, 2.45) is 0 Å². The summed E-state index contributed by atoms with van der Waals surface area (Å²) < 4.78 is 5.10. The van der Waals surface area contributed by atoms with Gasteiger partial charge in [-0.2, -0.15) is 0 Å². The number of likely N-dealkylation sites (tertiary alicyclic amines) is 1. The van der Waals surface area contributed by atoms with E-state index in [1.165, 1.54) is 0 Å². The minimum absolute atomic E-state index is 0.0415. The molecule has 1 rings (SSSR count). The summed E-state index contributed by atoms with van der Waals surface area (Å²) >= 11 is 5.32. The van der Waals surface area contributed by atoms with Crippen LogP contribution in [0.2, 0.25) is 0 Å². The van der Waals surface area contributed by atoms with E-state index < -0.39 is 0 Å². The summed E-state index contributed by atoms with van der Waals surface area (Å²) in [5.41, 5.74) is 0. The second-order valence-electron chi connectivity index (χ2n) is 3.15. The summed E-state index contributed by atoms with van der Waals surface area (Å²) in [6, 6.07) is 0. The lowest BCUT2D eigenvalue weighted by molar-refractivity contribution is -0.148. The number of halogens is 1. The van der Waals surface area contributed by atoms with Crippen LogP contribution in [0.4, 0.5) is 0 Å². The van der Waals surface area contributed by atoms with Crippen molar-refractivity contribution >= 4 is 17.6 Å². The minimum Gasteiger partial charge on any atom is -0.460 e. The van der Waals surface area contributed by atoms with Gasteiger partial charge >= 0.3 is 5.97 Å². The Morgan fingerprint density at radius 1 is 1.75 bits per heavy atom. The Hall–Kier alpha value is -0.280. The lowest BCUT2D eigenvalue weighted by atomic mass is 10.1. The Morgan fingerprint density at radius 2 is 2.50 bits per heavy atom. The second-order valence-corrected chi connectivity index (χ2v) is 3.42. The molecule has 1 atom stereocenters. The van der Waals surface area contributed by atoms with E-state index in [1.54, 1.807) is 0 Å². The first-order valence-electron chi connectivity index (χ1n) is 4.16. The third-order valence-electron chi connectivity index (χ3n) is 1.99. The van der Waals surface area contributed by atoms with Crippen LogP contribution in [0, 0.1) is 0 Å². The molecule has 0 N–H and O–H groups in total. The number of rotatable bonds is 2. The number of piperidine rings is 1. The van der Waals surface area contributed by atoms with Crippen molar-refractivity contribution in [2.75, 3.05) is 26.0 Å². The highest BCUT2D eigenvalue weighted by Crippen LogP contribution is 2.11. The van der Waals surface area contributed by atoms with Crippen molar-refractivity contribution in [3.63, 3.8) is 0 Å². The normalized spacial score (nSPS) is 25.3. The summed E-state index contributed by atoms with van der Waals surface area (Å²) in [6.45, 7) is 1.93. The summed E-state index contributed by atoms with van der Waals surface area (Å²) in [6.07, 6.45) is 2.11. The number of carbonyl (C=O) groups excluding carboxylic acids is 1. The standard InChI is InChI=1S/C8H14ClNO2/c1-10-4-2-3-7(6-10)12-8(11)5-9/h7H,2-6H2,1H3/t7-/m0/s1. The SMILES string of the molecule is CN1CCC[C@H](OC(=O)CCl)C1. The first kappa shape index (κ1) is 9.81. The van der Waals surface area contributed by atoms with Gasteiger partial charge < -0.3 is 9.64 Å². The Balaban J connectivity index is 2.27. The van der Waals surface area contributed by atoms with Gasteiger partial charge in [0.1, 0.15) is 12.0 Å². The van der Waals surface area contributed by atoms with Gasteiger partial charge in [0.2, 0.25) is 0 Å². The number of hydrogen-bond acceptors (Lipinski definition) is 3. The van der Waals surface area contributed by atoms with Crippen LogP contribution in [-0.2, 0) is 9.53 Å². The molecule has 1 fully saturated rings. The molecule has 1 aliphatic rings. The number of likely N-dealkylation sites (N-methyl/N-ethyl adjacent to an activating group) is 1. The molecule has 1 heterocycles. The molecule has 0 amide bonds. The summed E-state index contributed by atoms with van der Waals surface area (Å²) in [7, 11) is 2.03. The summed E-state index contributed by atoms with van der Waals surface area (Å²) in [5.74, 6) is -0.350. The molecule has 1 aliphatic heterocycles. The molecule has 0 radical (unpaired) electrons. The fourth-order valence-electron chi connectivity index (χ4n) is 1.43. The largest absolute Gasteiger partial charge is 0.460 e. The summed E-state index contributed by atoms with van der Waals surface area (Å²) in [5, 5.41) is 0. The molecule has 0 aliphatic carbocycles. The van der Waals surface area contributed by atoms with Gasteiger partial charge in [0, 0.05) is 6.54 Å². The first-order valence-corrected chi connectivity index (χ1v) is 4.70. The van der Waals surface area contributed by atoms with Crippen LogP contribution in [-0.4, -0.2) is 43.0 Å². The van der Waals surface area contributed by atoms with E-state index in [1.807, 2.05) is 7.05 Å². The first-order chi connectivity index (χ1) is 5.72. The molecule has 0 bridgehead atoms. The molecule has 1 saturated heterocycles. The molecule has 0 aromatic carbocycles. The number of hydrogen-bond donors (Lipinski definition) is 0. The number of carbonyl (C=O) groups is 1. The number of alkyl halides is 1. The van der Waals surface area contributed by atoms with Crippen LogP contribution < -0.4 is 0 Å². The van der Waals surface area contributed by atoms with Crippen molar-refractivity contribution in [3.05, 3.63) is 0 Å². The predicted molar refractivity (Wildman–Crippen MR) is 47.3 cm³/mol. The van der Waals surface area contributed by atoms with Gasteiger partial charge in [-0.3, -0.25) is 4.79 Å². The molecule has 0 aromatic heterocycles. The van der Waals surface area contributed by atoms with Crippen molar-refractivity contribution in [1.82, 2.24) is 4.90 Å². The van der Waals surface area contributed by atoms with Gasteiger partial charge in [-0.1, -0.05) is 0 Å².